The first-order chi connectivity index (χ1) is 11.7. The van der Waals surface area contributed by atoms with E-state index in [1.54, 1.807) is 6.20 Å². The maximum Gasteiger partial charge on any atom is 0.250 e. The number of H-pyrrole nitrogens is 1. The van der Waals surface area contributed by atoms with E-state index in [1.807, 2.05) is 60.9 Å². The minimum absolute atomic E-state index is 0.447. The van der Waals surface area contributed by atoms with Gasteiger partial charge in [0.25, 0.3) is 5.91 Å². The summed E-state index contributed by atoms with van der Waals surface area (Å²) in [5.74, 6) is -0.447. The van der Waals surface area contributed by atoms with E-state index in [1.165, 1.54) is 0 Å². The number of pyridine rings is 1. The number of fused-ring (bicyclic) bond motifs is 1. The molecule has 24 heavy (non-hydrogen) atoms. The molecule has 0 unspecified atom stereocenters. The Labute approximate surface area is 139 Å². The van der Waals surface area contributed by atoms with Crippen LogP contribution in [0.1, 0.15) is 10.4 Å². The lowest BCUT2D eigenvalue weighted by Crippen LogP contribution is -2.11. The molecular weight excluding hydrogens is 298 g/mol. The Hall–Kier alpha value is -3.40. The van der Waals surface area contributed by atoms with Gasteiger partial charge < -0.3 is 10.7 Å². The van der Waals surface area contributed by atoms with E-state index in [2.05, 4.69) is 16.0 Å². The number of nitrogens with one attached hydrogen (secondary N) is 1. The van der Waals surface area contributed by atoms with Crippen LogP contribution in [0.4, 0.5) is 0 Å². The third kappa shape index (κ3) is 2.34. The molecule has 4 heteroatoms. The van der Waals surface area contributed by atoms with Crippen LogP contribution in [0.2, 0.25) is 0 Å². The summed E-state index contributed by atoms with van der Waals surface area (Å²) in [6.07, 6.45) is 5.44. The van der Waals surface area contributed by atoms with Gasteiger partial charge in [-0.15, -0.1) is 0 Å². The van der Waals surface area contributed by atoms with Crippen LogP contribution in [0.25, 0.3) is 33.2 Å². The number of benzene rings is 2. The third-order valence-corrected chi connectivity index (χ3v) is 4.13. The second-order valence-electron chi connectivity index (χ2n) is 5.62. The molecule has 0 aliphatic heterocycles. The highest BCUT2D eigenvalue weighted by atomic mass is 16.1. The standard InChI is InChI=1S/C20H15N3O/c21-20(24)17-10-15(13-5-2-1-3-6-13)9-16-18(12-23-19(16)17)14-7-4-8-22-11-14/h1-12,23H,(H2,21,24). The lowest BCUT2D eigenvalue weighted by atomic mass is 9.97. The first-order valence-corrected chi connectivity index (χ1v) is 7.65. The quantitative estimate of drug-likeness (QED) is 0.600. The number of primary amides is 1. The first kappa shape index (κ1) is 14.2. The molecule has 0 radical (unpaired) electrons. The third-order valence-electron chi connectivity index (χ3n) is 4.13. The van der Waals surface area contributed by atoms with E-state index < -0.39 is 5.91 Å². The maximum atomic E-state index is 11.9. The van der Waals surface area contributed by atoms with E-state index in [-0.39, 0.29) is 0 Å². The summed E-state index contributed by atoms with van der Waals surface area (Å²) in [5.41, 5.74) is 10.8. The molecule has 2 aromatic carbocycles. The van der Waals surface area contributed by atoms with Gasteiger partial charge in [-0.05, 0) is 29.3 Å². The fourth-order valence-corrected chi connectivity index (χ4v) is 2.98. The van der Waals surface area contributed by atoms with Gasteiger partial charge in [-0.1, -0.05) is 36.4 Å². The van der Waals surface area contributed by atoms with Crippen LogP contribution in [0.5, 0.6) is 0 Å². The van der Waals surface area contributed by atoms with Gasteiger partial charge in [0.15, 0.2) is 0 Å². The molecule has 116 valence electrons. The molecule has 3 N–H and O–H groups in total. The van der Waals surface area contributed by atoms with E-state index in [4.69, 9.17) is 5.73 Å². The Kier molecular flexibility index (Phi) is 3.35. The molecule has 0 bridgehead atoms. The molecule has 0 saturated carbocycles. The molecule has 4 rings (SSSR count). The number of aromatic amines is 1. The van der Waals surface area contributed by atoms with Crippen molar-refractivity contribution in [2.24, 2.45) is 5.73 Å². The number of amides is 1. The van der Waals surface area contributed by atoms with E-state index in [9.17, 15) is 4.79 Å². The highest BCUT2D eigenvalue weighted by Crippen LogP contribution is 2.34. The van der Waals surface area contributed by atoms with Gasteiger partial charge in [0.2, 0.25) is 0 Å². The number of aromatic nitrogens is 2. The summed E-state index contributed by atoms with van der Waals surface area (Å²) >= 11 is 0. The van der Waals surface area contributed by atoms with Crippen LogP contribution < -0.4 is 5.73 Å². The smallest absolute Gasteiger partial charge is 0.250 e. The predicted molar refractivity (Wildman–Crippen MR) is 95.5 cm³/mol. The van der Waals surface area contributed by atoms with Gasteiger partial charge >= 0.3 is 0 Å². The zero-order chi connectivity index (χ0) is 16.5. The molecule has 0 aliphatic rings. The van der Waals surface area contributed by atoms with Crippen molar-refractivity contribution in [1.82, 2.24) is 9.97 Å². The number of carbonyl (C=O) groups excluding carboxylic acids is 1. The predicted octanol–water partition coefficient (Wildman–Crippen LogP) is 4.00. The Bertz CT molecular complexity index is 1020. The molecule has 0 atom stereocenters. The van der Waals surface area contributed by atoms with Gasteiger partial charge in [-0.3, -0.25) is 9.78 Å². The molecule has 4 nitrogen and oxygen atoms in total. The molecule has 2 heterocycles. The molecule has 0 fully saturated rings. The summed E-state index contributed by atoms with van der Waals surface area (Å²) < 4.78 is 0. The monoisotopic (exact) mass is 313 g/mol. The fourth-order valence-electron chi connectivity index (χ4n) is 2.98. The molecule has 0 aliphatic carbocycles. The van der Waals surface area contributed by atoms with Gasteiger partial charge in [0.1, 0.15) is 0 Å². The van der Waals surface area contributed by atoms with Crippen molar-refractivity contribution < 1.29 is 4.79 Å². The van der Waals surface area contributed by atoms with Crippen LogP contribution in [0.15, 0.2) is 73.2 Å². The molecule has 0 spiro atoms. The van der Waals surface area contributed by atoms with Crippen LogP contribution >= 0.6 is 0 Å². The zero-order valence-electron chi connectivity index (χ0n) is 12.9. The number of rotatable bonds is 3. The maximum absolute atomic E-state index is 11.9. The van der Waals surface area contributed by atoms with Crippen molar-refractivity contribution in [2.75, 3.05) is 0 Å². The van der Waals surface area contributed by atoms with Crippen LogP contribution in [-0.2, 0) is 0 Å². The highest BCUT2D eigenvalue weighted by Gasteiger charge is 2.15. The van der Waals surface area contributed by atoms with Crippen molar-refractivity contribution in [3.05, 3.63) is 78.8 Å². The normalized spacial score (nSPS) is 10.8. The van der Waals surface area contributed by atoms with Crippen LogP contribution in [0, 0.1) is 0 Å². The molecule has 2 aromatic heterocycles. The van der Waals surface area contributed by atoms with Gasteiger partial charge in [-0.25, -0.2) is 0 Å². The van der Waals surface area contributed by atoms with Crippen LogP contribution in [0.3, 0.4) is 0 Å². The molecule has 0 saturated heterocycles. The Morgan fingerprint density at radius 1 is 0.958 bits per heavy atom. The lowest BCUT2D eigenvalue weighted by molar-refractivity contribution is 0.100. The van der Waals surface area contributed by atoms with Gasteiger partial charge in [0.05, 0.1) is 11.1 Å². The summed E-state index contributed by atoms with van der Waals surface area (Å²) in [6, 6.07) is 17.8. The second-order valence-corrected chi connectivity index (χ2v) is 5.62. The van der Waals surface area contributed by atoms with Crippen molar-refractivity contribution in [3.8, 4) is 22.3 Å². The topological polar surface area (TPSA) is 71.8 Å². The van der Waals surface area contributed by atoms with Gasteiger partial charge in [0, 0.05) is 35.1 Å². The molecule has 1 amide bonds. The lowest BCUT2D eigenvalue weighted by Gasteiger charge is -2.07. The summed E-state index contributed by atoms with van der Waals surface area (Å²) in [6.45, 7) is 0. The Balaban J connectivity index is 2.02. The van der Waals surface area contributed by atoms with Crippen molar-refractivity contribution in [1.29, 1.82) is 0 Å². The largest absolute Gasteiger partial charge is 0.366 e. The Morgan fingerprint density at radius 2 is 1.75 bits per heavy atom. The Morgan fingerprint density at radius 3 is 2.46 bits per heavy atom. The van der Waals surface area contributed by atoms with Crippen LogP contribution in [-0.4, -0.2) is 15.9 Å². The highest BCUT2D eigenvalue weighted by molar-refractivity contribution is 6.10. The summed E-state index contributed by atoms with van der Waals surface area (Å²) in [5, 5.41) is 0.957. The number of carbonyl (C=O) groups is 1. The number of nitrogens with zero attached hydrogens (tertiary/aromatic N) is 1. The number of hydrogen-bond donors (Lipinski definition) is 2. The van der Waals surface area contributed by atoms with E-state index >= 15 is 0 Å². The zero-order valence-corrected chi connectivity index (χ0v) is 12.9. The van der Waals surface area contributed by atoms with Crippen molar-refractivity contribution in [3.63, 3.8) is 0 Å². The van der Waals surface area contributed by atoms with E-state index in [0.717, 1.165) is 33.2 Å². The molecular formula is C20H15N3O. The summed E-state index contributed by atoms with van der Waals surface area (Å²) in [7, 11) is 0. The minimum Gasteiger partial charge on any atom is -0.366 e. The van der Waals surface area contributed by atoms with Crippen molar-refractivity contribution >= 4 is 16.8 Å². The fraction of sp³-hybridized carbons (Fsp3) is 0. The SMILES string of the molecule is NC(=O)c1cc(-c2ccccc2)cc2c(-c3cccnc3)c[nH]c12. The first-order valence-electron chi connectivity index (χ1n) is 7.65. The number of hydrogen-bond acceptors (Lipinski definition) is 2. The molecule has 4 aromatic rings. The number of nitrogens with two attached hydrogens (primary N) is 1. The average molecular weight is 313 g/mol. The summed E-state index contributed by atoms with van der Waals surface area (Å²) in [4.78, 5) is 19.3. The second kappa shape index (κ2) is 5.66. The average Bonchev–Trinajstić information content (AvgIpc) is 3.06. The van der Waals surface area contributed by atoms with Gasteiger partial charge in [-0.2, -0.15) is 0 Å². The minimum atomic E-state index is -0.447. The van der Waals surface area contributed by atoms with Crippen molar-refractivity contribution in [2.45, 2.75) is 0 Å². The van der Waals surface area contributed by atoms with E-state index in [0.29, 0.717) is 5.56 Å².